The van der Waals surface area contributed by atoms with E-state index in [-0.39, 0.29) is 11.3 Å². The summed E-state index contributed by atoms with van der Waals surface area (Å²) in [7, 11) is 1.16. The van der Waals surface area contributed by atoms with Gasteiger partial charge in [-0.15, -0.1) is 0 Å². The van der Waals surface area contributed by atoms with E-state index < -0.39 is 30.0 Å². The van der Waals surface area contributed by atoms with Crippen LogP contribution >= 0.6 is 0 Å². The maximum absolute atomic E-state index is 10.9. The Balaban J connectivity index is 2.99. The number of aliphatic hydroxyl groups is 1. The summed E-state index contributed by atoms with van der Waals surface area (Å²) < 4.78 is 4.33. The monoisotopic (exact) mass is 228 g/mol. The van der Waals surface area contributed by atoms with Gasteiger partial charge in [-0.05, 0) is 0 Å². The summed E-state index contributed by atoms with van der Waals surface area (Å²) in [4.78, 5) is 10.9. The van der Waals surface area contributed by atoms with Gasteiger partial charge in [0.25, 0.3) is 0 Å². The van der Waals surface area contributed by atoms with E-state index in [1.165, 1.54) is 0 Å². The minimum absolute atomic E-state index is 0.219. The molecule has 88 valence electrons. The average Bonchev–Trinajstić information content (AvgIpc) is 2.15. The number of phenolic OH excluding ortho intramolecular Hbond substituents is 3. The second-order valence-corrected chi connectivity index (χ2v) is 3.19. The first-order chi connectivity index (χ1) is 7.45. The van der Waals surface area contributed by atoms with E-state index in [4.69, 9.17) is 5.11 Å². The van der Waals surface area contributed by atoms with Gasteiger partial charge in [0.05, 0.1) is 25.2 Å². The van der Waals surface area contributed by atoms with E-state index in [0.29, 0.717) is 0 Å². The van der Waals surface area contributed by atoms with Crippen LogP contribution in [-0.2, 0) is 9.53 Å². The third kappa shape index (κ3) is 2.54. The molecule has 1 atom stereocenters. The molecule has 0 heterocycles. The normalized spacial score (nSPS) is 12.1. The van der Waals surface area contributed by atoms with Crippen LogP contribution in [0.1, 0.15) is 18.1 Å². The third-order valence-electron chi connectivity index (χ3n) is 2.04. The number of hydrogen-bond donors (Lipinski definition) is 4. The summed E-state index contributed by atoms with van der Waals surface area (Å²) in [6.07, 6.45) is -1.80. The van der Waals surface area contributed by atoms with Crippen molar-refractivity contribution in [3.8, 4) is 17.2 Å². The fourth-order valence-electron chi connectivity index (χ4n) is 1.29. The summed E-state index contributed by atoms with van der Waals surface area (Å²) in [5.74, 6) is -2.01. The van der Waals surface area contributed by atoms with Crippen molar-refractivity contribution in [2.24, 2.45) is 0 Å². The van der Waals surface area contributed by atoms with Crippen LogP contribution in [-0.4, -0.2) is 33.5 Å². The molecule has 1 aromatic rings. The molecule has 0 saturated heterocycles. The Kier molecular flexibility index (Phi) is 3.57. The van der Waals surface area contributed by atoms with E-state index in [1.54, 1.807) is 0 Å². The Morgan fingerprint density at radius 3 is 2.25 bits per heavy atom. The molecule has 6 nitrogen and oxygen atoms in total. The predicted octanol–water partition coefficient (Wildman–Crippen LogP) is 0.400. The van der Waals surface area contributed by atoms with Crippen LogP contribution in [0.4, 0.5) is 0 Å². The lowest BCUT2D eigenvalue weighted by Gasteiger charge is -2.13. The van der Waals surface area contributed by atoms with Gasteiger partial charge in [0.2, 0.25) is 0 Å². The number of benzene rings is 1. The van der Waals surface area contributed by atoms with Crippen molar-refractivity contribution >= 4 is 5.97 Å². The third-order valence-corrected chi connectivity index (χ3v) is 2.04. The van der Waals surface area contributed by atoms with E-state index >= 15 is 0 Å². The molecule has 0 aromatic heterocycles. The molecule has 0 aliphatic rings. The molecule has 0 saturated carbocycles. The first-order valence-electron chi connectivity index (χ1n) is 4.45. The molecule has 0 fully saturated rings. The van der Waals surface area contributed by atoms with Crippen molar-refractivity contribution in [1.82, 2.24) is 0 Å². The maximum Gasteiger partial charge on any atom is 0.308 e. The molecule has 0 aliphatic heterocycles. The van der Waals surface area contributed by atoms with Crippen molar-refractivity contribution in [1.29, 1.82) is 0 Å². The minimum atomic E-state index is -1.40. The quantitative estimate of drug-likeness (QED) is 0.558. The van der Waals surface area contributed by atoms with Gasteiger partial charge in [0, 0.05) is 12.1 Å². The zero-order chi connectivity index (χ0) is 12.3. The van der Waals surface area contributed by atoms with Crippen molar-refractivity contribution < 1.29 is 30.0 Å². The fraction of sp³-hybridized carbons (Fsp3) is 0.300. The standard InChI is InChI=1S/C10H12O6/c1-16-9(15)4-8(14)10-6(12)2-5(11)3-7(10)13/h2-3,8,11-14H,4H2,1H3/t8-/m1/s1. The summed E-state index contributed by atoms with van der Waals surface area (Å²) in [5, 5.41) is 37.4. The molecule has 0 spiro atoms. The number of carbonyl (C=O) groups excluding carboxylic acids is 1. The highest BCUT2D eigenvalue weighted by atomic mass is 16.5. The van der Waals surface area contributed by atoms with Crippen LogP contribution in [0.3, 0.4) is 0 Å². The van der Waals surface area contributed by atoms with Crippen LogP contribution in [0.5, 0.6) is 17.2 Å². The molecule has 16 heavy (non-hydrogen) atoms. The Bertz CT molecular complexity index is 377. The summed E-state index contributed by atoms with van der Waals surface area (Å²) in [5.41, 5.74) is -0.219. The summed E-state index contributed by atoms with van der Waals surface area (Å²) in [6.45, 7) is 0. The smallest absolute Gasteiger partial charge is 0.308 e. The molecule has 0 amide bonds. The van der Waals surface area contributed by atoms with E-state index in [2.05, 4.69) is 4.74 Å². The largest absolute Gasteiger partial charge is 0.508 e. The molecular formula is C10H12O6. The number of hydrogen-bond acceptors (Lipinski definition) is 6. The van der Waals surface area contributed by atoms with E-state index in [1.807, 2.05) is 0 Å². The van der Waals surface area contributed by atoms with Crippen molar-refractivity contribution in [3.63, 3.8) is 0 Å². The Hall–Kier alpha value is -1.95. The summed E-state index contributed by atoms with van der Waals surface area (Å²) >= 11 is 0. The van der Waals surface area contributed by atoms with E-state index in [9.17, 15) is 20.1 Å². The lowest BCUT2D eigenvalue weighted by molar-refractivity contribution is -0.142. The lowest BCUT2D eigenvalue weighted by atomic mass is 10.0. The average molecular weight is 228 g/mol. The number of methoxy groups -OCH3 is 1. The molecule has 1 aromatic carbocycles. The van der Waals surface area contributed by atoms with Crippen LogP contribution in [0, 0.1) is 0 Å². The van der Waals surface area contributed by atoms with Gasteiger partial charge in [-0.25, -0.2) is 0 Å². The molecule has 0 radical (unpaired) electrons. The van der Waals surface area contributed by atoms with E-state index in [0.717, 1.165) is 19.2 Å². The van der Waals surface area contributed by atoms with Gasteiger partial charge in [-0.2, -0.15) is 0 Å². The van der Waals surface area contributed by atoms with Gasteiger partial charge < -0.3 is 25.2 Å². The number of aliphatic hydroxyl groups excluding tert-OH is 1. The second kappa shape index (κ2) is 4.71. The number of carbonyl (C=O) groups is 1. The van der Waals surface area contributed by atoms with Gasteiger partial charge in [0.15, 0.2) is 0 Å². The van der Waals surface area contributed by atoms with Crippen molar-refractivity contribution in [2.45, 2.75) is 12.5 Å². The molecule has 0 unspecified atom stereocenters. The molecule has 0 bridgehead atoms. The second-order valence-electron chi connectivity index (χ2n) is 3.19. The SMILES string of the molecule is COC(=O)C[C@@H](O)c1c(O)cc(O)cc1O. The number of ether oxygens (including phenoxy) is 1. The highest BCUT2D eigenvalue weighted by Crippen LogP contribution is 2.37. The number of aromatic hydroxyl groups is 3. The zero-order valence-electron chi connectivity index (χ0n) is 8.54. The van der Waals surface area contributed by atoms with Gasteiger partial charge >= 0.3 is 5.97 Å². The number of rotatable bonds is 3. The van der Waals surface area contributed by atoms with Crippen LogP contribution < -0.4 is 0 Å². The Labute approximate surface area is 91.3 Å². The minimum Gasteiger partial charge on any atom is -0.508 e. The molecule has 1 rings (SSSR count). The Morgan fingerprint density at radius 2 is 1.81 bits per heavy atom. The molecule has 6 heteroatoms. The number of esters is 1. The first-order valence-corrected chi connectivity index (χ1v) is 4.45. The number of phenols is 3. The Morgan fingerprint density at radius 1 is 1.31 bits per heavy atom. The predicted molar refractivity (Wildman–Crippen MR) is 53.0 cm³/mol. The van der Waals surface area contributed by atoms with Crippen LogP contribution in [0.15, 0.2) is 12.1 Å². The fourth-order valence-corrected chi connectivity index (χ4v) is 1.29. The van der Waals surface area contributed by atoms with Crippen LogP contribution in [0.2, 0.25) is 0 Å². The lowest BCUT2D eigenvalue weighted by Crippen LogP contribution is -2.08. The van der Waals surface area contributed by atoms with Crippen molar-refractivity contribution in [3.05, 3.63) is 17.7 Å². The van der Waals surface area contributed by atoms with Crippen LogP contribution in [0.25, 0.3) is 0 Å². The zero-order valence-corrected chi connectivity index (χ0v) is 8.54. The molecule has 4 N–H and O–H groups in total. The maximum atomic E-state index is 10.9. The topological polar surface area (TPSA) is 107 Å². The van der Waals surface area contributed by atoms with Crippen molar-refractivity contribution in [2.75, 3.05) is 7.11 Å². The first kappa shape index (κ1) is 12.1. The van der Waals surface area contributed by atoms with Gasteiger partial charge in [0.1, 0.15) is 17.2 Å². The molecule has 0 aliphatic carbocycles. The highest BCUT2D eigenvalue weighted by Gasteiger charge is 2.21. The van der Waals surface area contributed by atoms with Gasteiger partial charge in [-0.1, -0.05) is 0 Å². The molecular weight excluding hydrogens is 216 g/mol. The highest BCUT2D eigenvalue weighted by molar-refractivity contribution is 5.70. The van der Waals surface area contributed by atoms with Gasteiger partial charge in [-0.3, -0.25) is 4.79 Å². The summed E-state index contributed by atoms with van der Waals surface area (Å²) in [6, 6.07) is 1.91.